The van der Waals surface area contributed by atoms with Gasteiger partial charge in [-0.1, -0.05) is 23.8 Å². The minimum atomic E-state index is -1.24. The molecule has 10 heteroatoms. The van der Waals surface area contributed by atoms with Crippen LogP contribution in [0.2, 0.25) is 0 Å². The van der Waals surface area contributed by atoms with Crippen LogP contribution in [0.15, 0.2) is 108 Å². The SMILES string of the molecule is Cc1ccc(Oc2ccc(N3C(=S)N[C@@H](c4ccccn4)[C@@H]3c3ccc(-c4cc(C(=O)O)cc(C(=O)O)c4)o3)cc2)cc1. The van der Waals surface area contributed by atoms with Gasteiger partial charge in [0.05, 0.1) is 22.9 Å². The molecule has 0 spiro atoms. The van der Waals surface area contributed by atoms with Crippen molar-refractivity contribution < 1.29 is 29.0 Å². The van der Waals surface area contributed by atoms with Gasteiger partial charge in [0, 0.05) is 17.4 Å². The summed E-state index contributed by atoms with van der Waals surface area (Å²) in [5, 5.41) is 22.9. The van der Waals surface area contributed by atoms with E-state index >= 15 is 0 Å². The van der Waals surface area contributed by atoms with Gasteiger partial charge in [-0.15, -0.1) is 0 Å². The van der Waals surface area contributed by atoms with E-state index in [1.54, 1.807) is 18.3 Å². The van der Waals surface area contributed by atoms with Crippen molar-refractivity contribution in [3.63, 3.8) is 0 Å². The second-order valence-corrected chi connectivity index (χ2v) is 10.4. The Kier molecular flexibility index (Phi) is 7.35. The maximum absolute atomic E-state index is 11.7. The Morgan fingerprint density at radius 1 is 0.884 bits per heavy atom. The number of aromatic carboxylic acids is 2. The van der Waals surface area contributed by atoms with Gasteiger partial charge in [0.1, 0.15) is 29.1 Å². The third-order valence-corrected chi connectivity index (χ3v) is 7.41. The van der Waals surface area contributed by atoms with Crippen LogP contribution in [0.25, 0.3) is 11.3 Å². The van der Waals surface area contributed by atoms with Crippen molar-refractivity contribution in [3.05, 3.63) is 131 Å². The fourth-order valence-corrected chi connectivity index (χ4v) is 5.37. The van der Waals surface area contributed by atoms with Crippen molar-refractivity contribution in [2.24, 2.45) is 0 Å². The predicted molar refractivity (Wildman–Crippen MR) is 164 cm³/mol. The molecule has 0 unspecified atom stereocenters. The van der Waals surface area contributed by atoms with Gasteiger partial charge in [0.2, 0.25) is 0 Å². The van der Waals surface area contributed by atoms with Crippen molar-refractivity contribution in [1.29, 1.82) is 0 Å². The summed E-state index contributed by atoms with van der Waals surface area (Å²) in [6, 6.07) is 27.5. The number of thiocarbonyl (C=S) groups is 1. The van der Waals surface area contributed by atoms with Crippen LogP contribution in [0.5, 0.6) is 11.5 Å². The summed E-state index contributed by atoms with van der Waals surface area (Å²) in [6.07, 6.45) is 1.70. The molecule has 214 valence electrons. The van der Waals surface area contributed by atoms with Gasteiger partial charge < -0.3 is 29.6 Å². The Hall–Kier alpha value is -5.48. The molecule has 2 atom stereocenters. The fourth-order valence-electron chi connectivity index (χ4n) is 5.02. The first-order chi connectivity index (χ1) is 20.8. The van der Waals surface area contributed by atoms with E-state index in [0.717, 1.165) is 28.8 Å². The number of hydrogen-bond acceptors (Lipinski definition) is 6. The number of hydrogen-bond donors (Lipinski definition) is 3. The van der Waals surface area contributed by atoms with Gasteiger partial charge in [-0.2, -0.15) is 0 Å². The largest absolute Gasteiger partial charge is 0.478 e. The average Bonchev–Trinajstić information content (AvgIpc) is 3.64. The quantitative estimate of drug-likeness (QED) is 0.162. The van der Waals surface area contributed by atoms with E-state index in [2.05, 4.69) is 10.3 Å². The first-order valence-corrected chi connectivity index (χ1v) is 13.7. The Morgan fingerprint density at radius 2 is 1.53 bits per heavy atom. The standard InChI is InChI=1S/C33H25N3O6S/c1-19-5-9-24(10-6-19)41-25-11-7-23(8-12-25)36-30(29(35-33(36)43)26-4-2-3-15-34-26)28-14-13-27(42-28)20-16-21(31(37)38)18-22(17-20)32(39)40/h2-18,29-30H,1H3,(H,35,43)(H,37,38)(H,39,40)/t29-,30-/m0/s1. The fraction of sp³-hybridized carbons (Fsp3) is 0.0909. The van der Waals surface area contributed by atoms with Gasteiger partial charge in [-0.25, -0.2) is 9.59 Å². The molecule has 3 heterocycles. The van der Waals surface area contributed by atoms with Crippen molar-refractivity contribution in [3.8, 4) is 22.8 Å². The molecule has 5 aromatic rings. The highest BCUT2D eigenvalue weighted by Gasteiger charge is 2.42. The highest BCUT2D eigenvalue weighted by Crippen LogP contribution is 2.43. The zero-order chi connectivity index (χ0) is 30.1. The molecule has 0 bridgehead atoms. The number of ether oxygens (including phenoxy) is 1. The Morgan fingerprint density at radius 3 is 2.14 bits per heavy atom. The number of nitrogens with one attached hydrogen (secondary N) is 1. The number of nitrogens with zero attached hydrogens (tertiary/aromatic N) is 2. The molecule has 0 saturated carbocycles. The average molecular weight is 592 g/mol. The van der Waals surface area contributed by atoms with E-state index < -0.39 is 18.0 Å². The first kappa shape index (κ1) is 27.7. The van der Waals surface area contributed by atoms with Crippen LogP contribution in [0.3, 0.4) is 0 Å². The molecule has 1 saturated heterocycles. The molecule has 43 heavy (non-hydrogen) atoms. The predicted octanol–water partition coefficient (Wildman–Crippen LogP) is 7.02. The van der Waals surface area contributed by atoms with Crippen molar-refractivity contribution in [2.75, 3.05) is 4.90 Å². The van der Waals surface area contributed by atoms with E-state index in [1.807, 2.05) is 78.6 Å². The number of furan rings is 1. The lowest BCUT2D eigenvalue weighted by Gasteiger charge is -2.26. The third kappa shape index (κ3) is 5.68. The number of aromatic nitrogens is 1. The minimum absolute atomic E-state index is 0.155. The molecule has 0 amide bonds. The van der Waals surface area contributed by atoms with Crippen LogP contribution in [0.4, 0.5) is 5.69 Å². The lowest BCUT2D eigenvalue weighted by Crippen LogP contribution is -2.29. The molecule has 1 aliphatic heterocycles. The molecule has 1 aliphatic rings. The van der Waals surface area contributed by atoms with Crippen LogP contribution in [0, 0.1) is 6.92 Å². The van der Waals surface area contributed by atoms with Gasteiger partial charge in [-0.05, 0) is 98.0 Å². The molecular formula is C33H25N3O6S. The van der Waals surface area contributed by atoms with Crippen LogP contribution in [-0.2, 0) is 0 Å². The number of pyridine rings is 1. The molecule has 1 fully saturated rings. The molecule has 9 nitrogen and oxygen atoms in total. The highest BCUT2D eigenvalue weighted by atomic mass is 32.1. The number of carboxylic acid groups (broad SMARTS) is 2. The second-order valence-electron chi connectivity index (χ2n) is 10.0. The summed E-state index contributed by atoms with van der Waals surface area (Å²) < 4.78 is 12.3. The summed E-state index contributed by atoms with van der Waals surface area (Å²) >= 11 is 5.80. The number of carbonyl (C=O) groups is 2. The number of rotatable bonds is 8. The van der Waals surface area contributed by atoms with Crippen LogP contribution >= 0.6 is 12.2 Å². The Bertz CT molecular complexity index is 1790. The lowest BCUT2D eigenvalue weighted by molar-refractivity contribution is 0.0696. The van der Waals surface area contributed by atoms with Gasteiger partial charge in [-0.3, -0.25) is 4.98 Å². The van der Waals surface area contributed by atoms with E-state index in [9.17, 15) is 19.8 Å². The maximum Gasteiger partial charge on any atom is 0.335 e. The number of anilines is 1. The Balaban J connectivity index is 1.37. The number of benzene rings is 3. The number of aryl methyl sites for hydroxylation is 1. The monoisotopic (exact) mass is 591 g/mol. The number of carboxylic acids is 2. The third-order valence-electron chi connectivity index (χ3n) is 7.10. The summed E-state index contributed by atoms with van der Waals surface area (Å²) in [4.78, 5) is 29.8. The van der Waals surface area contributed by atoms with Gasteiger partial charge in [0.15, 0.2) is 5.11 Å². The van der Waals surface area contributed by atoms with Crippen LogP contribution in [-0.4, -0.2) is 32.2 Å². The van der Waals surface area contributed by atoms with Crippen molar-refractivity contribution in [1.82, 2.24) is 10.3 Å². The van der Waals surface area contributed by atoms with Gasteiger partial charge >= 0.3 is 11.9 Å². The molecule has 3 aromatic carbocycles. The second kappa shape index (κ2) is 11.4. The topological polar surface area (TPSA) is 125 Å². The van der Waals surface area contributed by atoms with Crippen LogP contribution < -0.4 is 15.0 Å². The normalized spacial score (nSPS) is 16.1. The van der Waals surface area contributed by atoms with Crippen molar-refractivity contribution >= 4 is 35.0 Å². The zero-order valence-electron chi connectivity index (χ0n) is 22.8. The molecule has 6 rings (SSSR count). The van der Waals surface area contributed by atoms with Gasteiger partial charge in [0.25, 0.3) is 0 Å². The zero-order valence-corrected chi connectivity index (χ0v) is 23.6. The van der Waals surface area contributed by atoms with E-state index in [0.29, 0.717) is 27.9 Å². The lowest BCUT2D eigenvalue weighted by atomic mass is 10.0. The van der Waals surface area contributed by atoms with Crippen LogP contribution in [0.1, 0.15) is 49.8 Å². The first-order valence-electron chi connectivity index (χ1n) is 13.3. The molecule has 2 aromatic heterocycles. The highest BCUT2D eigenvalue weighted by molar-refractivity contribution is 7.80. The summed E-state index contributed by atoms with van der Waals surface area (Å²) in [6.45, 7) is 2.02. The molecule has 3 N–H and O–H groups in total. The minimum Gasteiger partial charge on any atom is -0.478 e. The maximum atomic E-state index is 11.7. The van der Waals surface area contributed by atoms with E-state index in [-0.39, 0.29) is 17.2 Å². The molecule has 0 aliphatic carbocycles. The summed E-state index contributed by atoms with van der Waals surface area (Å²) in [5.41, 5.74) is 2.70. The smallest absolute Gasteiger partial charge is 0.335 e. The Labute approximate surface area is 252 Å². The van der Waals surface area contributed by atoms with E-state index in [1.165, 1.54) is 12.1 Å². The van der Waals surface area contributed by atoms with E-state index in [4.69, 9.17) is 21.4 Å². The molecular weight excluding hydrogens is 566 g/mol. The summed E-state index contributed by atoms with van der Waals surface area (Å²) in [7, 11) is 0. The van der Waals surface area contributed by atoms with Crippen molar-refractivity contribution in [2.45, 2.75) is 19.0 Å². The summed E-state index contributed by atoms with van der Waals surface area (Å²) in [5.74, 6) is -0.242. The molecule has 0 radical (unpaired) electrons.